The second kappa shape index (κ2) is 11.7. The van der Waals surface area contributed by atoms with E-state index in [-0.39, 0.29) is 18.6 Å². The van der Waals surface area contributed by atoms with Crippen molar-refractivity contribution < 1.29 is 18.7 Å². The lowest BCUT2D eigenvalue weighted by molar-refractivity contribution is -0.0215. The zero-order valence-corrected chi connectivity index (χ0v) is 25.6. The van der Waals surface area contributed by atoms with Crippen LogP contribution in [-0.4, -0.2) is 61.7 Å². The molecule has 8 nitrogen and oxygen atoms in total. The minimum atomic E-state index is -1.20. The predicted octanol–water partition coefficient (Wildman–Crippen LogP) is 6.96. The fraction of sp³-hybridized carbons (Fsp3) is 0.471. The standard InChI is InChI=1S/C34H40FN5O3/c1-21-13-25-18-36-40(31(25)16-28(21)27-11-12-39(19-29(27)35)33(41)43-34(3,4)5)32-17-30(37-22(2)38-32)24-14-26(15-24)42-20-23-9-7-6-8-10-23/h6-10,13,16-18,24,26-27,29H,11-12,14-15,19-20H2,1-5H3. The maximum absolute atomic E-state index is 15.6. The van der Waals surface area contributed by atoms with Gasteiger partial charge in [0.1, 0.15) is 17.6 Å². The highest BCUT2D eigenvalue weighted by Gasteiger charge is 2.36. The van der Waals surface area contributed by atoms with Gasteiger partial charge in [-0.2, -0.15) is 5.10 Å². The van der Waals surface area contributed by atoms with Gasteiger partial charge in [-0.05, 0) is 82.7 Å². The monoisotopic (exact) mass is 585 g/mol. The summed E-state index contributed by atoms with van der Waals surface area (Å²) in [6.45, 7) is 10.5. The molecule has 0 spiro atoms. The Morgan fingerprint density at radius 3 is 2.56 bits per heavy atom. The summed E-state index contributed by atoms with van der Waals surface area (Å²) in [5.41, 5.74) is 4.39. The van der Waals surface area contributed by atoms with Crippen LogP contribution < -0.4 is 0 Å². The Morgan fingerprint density at radius 1 is 1.07 bits per heavy atom. The number of carbonyl (C=O) groups is 1. The molecule has 4 aromatic rings. The molecule has 2 aliphatic rings. The summed E-state index contributed by atoms with van der Waals surface area (Å²) in [4.78, 5) is 23.5. The molecule has 2 aromatic heterocycles. The number of carbonyl (C=O) groups excluding carboxylic acids is 1. The second-order valence-electron chi connectivity index (χ2n) is 12.9. The molecule has 1 aliphatic carbocycles. The van der Waals surface area contributed by atoms with Crippen LogP contribution in [0.15, 0.2) is 54.7 Å². The van der Waals surface area contributed by atoms with Gasteiger partial charge in [-0.15, -0.1) is 0 Å². The zero-order chi connectivity index (χ0) is 30.3. The van der Waals surface area contributed by atoms with E-state index < -0.39 is 17.9 Å². The number of hydrogen-bond acceptors (Lipinski definition) is 6. The lowest BCUT2D eigenvalue weighted by Crippen LogP contribution is -2.46. The third kappa shape index (κ3) is 6.42. The number of rotatable bonds is 6. The van der Waals surface area contributed by atoms with Gasteiger partial charge in [0, 0.05) is 35.5 Å². The first-order chi connectivity index (χ1) is 20.5. The van der Waals surface area contributed by atoms with E-state index in [2.05, 4.69) is 23.3 Å². The molecule has 3 heterocycles. The fourth-order valence-corrected chi connectivity index (χ4v) is 6.16. The van der Waals surface area contributed by atoms with Crippen LogP contribution in [-0.2, 0) is 16.1 Å². The first kappa shape index (κ1) is 29.2. The number of nitrogens with zero attached hydrogens (tertiary/aromatic N) is 5. The van der Waals surface area contributed by atoms with Crippen molar-refractivity contribution in [2.45, 2.75) is 90.2 Å². The van der Waals surface area contributed by atoms with Gasteiger partial charge in [0.2, 0.25) is 0 Å². The molecule has 2 fully saturated rings. The largest absolute Gasteiger partial charge is 0.444 e. The van der Waals surface area contributed by atoms with Gasteiger partial charge in [0.05, 0.1) is 31.0 Å². The normalized spacial score (nSPS) is 22.4. The molecule has 1 amide bonds. The number of aromatic nitrogens is 4. The number of amides is 1. The first-order valence-electron chi connectivity index (χ1n) is 15.2. The zero-order valence-electron chi connectivity index (χ0n) is 25.6. The number of alkyl halides is 1. The van der Waals surface area contributed by atoms with Crippen LogP contribution in [0.5, 0.6) is 0 Å². The van der Waals surface area contributed by atoms with Crippen molar-refractivity contribution in [2.75, 3.05) is 13.1 Å². The third-order valence-corrected chi connectivity index (χ3v) is 8.45. The van der Waals surface area contributed by atoms with E-state index in [1.807, 2.05) is 75.8 Å². The van der Waals surface area contributed by atoms with E-state index in [9.17, 15) is 4.79 Å². The average Bonchev–Trinajstić information content (AvgIpc) is 3.34. The summed E-state index contributed by atoms with van der Waals surface area (Å²) in [7, 11) is 0. The lowest BCUT2D eigenvalue weighted by Gasteiger charge is -2.36. The molecule has 6 rings (SSSR count). The molecule has 2 aromatic carbocycles. The first-order valence-corrected chi connectivity index (χ1v) is 15.2. The third-order valence-electron chi connectivity index (χ3n) is 8.45. The molecule has 1 saturated heterocycles. The number of piperidine rings is 1. The molecule has 0 radical (unpaired) electrons. The summed E-state index contributed by atoms with van der Waals surface area (Å²) >= 11 is 0. The van der Waals surface area contributed by atoms with E-state index in [0.717, 1.165) is 40.6 Å². The highest BCUT2D eigenvalue weighted by Crippen LogP contribution is 2.39. The van der Waals surface area contributed by atoms with Crippen molar-refractivity contribution in [2.24, 2.45) is 0 Å². The fourth-order valence-electron chi connectivity index (χ4n) is 6.16. The highest BCUT2D eigenvalue weighted by atomic mass is 19.1. The number of ether oxygens (including phenoxy) is 2. The number of fused-ring (bicyclic) bond motifs is 1. The Morgan fingerprint density at radius 2 is 1.84 bits per heavy atom. The smallest absolute Gasteiger partial charge is 0.410 e. The molecule has 1 saturated carbocycles. The van der Waals surface area contributed by atoms with Crippen LogP contribution in [0.25, 0.3) is 16.7 Å². The van der Waals surface area contributed by atoms with Gasteiger partial charge in [0.25, 0.3) is 0 Å². The topological polar surface area (TPSA) is 82.4 Å². The van der Waals surface area contributed by atoms with Crippen LogP contribution >= 0.6 is 0 Å². The average molecular weight is 586 g/mol. The van der Waals surface area contributed by atoms with Crippen molar-refractivity contribution in [1.82, 2.24) is 24.6 Å². The Hall–Kier alpha value is -3.85. The molecule has 2 unspecified atom stereocenters. The van der Waals surface area contributed by atoms with Gasteiger partial charge >= 0.3 is 6.09 Å². The quantitative estimate of drug-likeness (QED) is 0.243. The Bertz CT molecular complexity index is 1610. The maximum atomic E-state index is 15.6. The molecule has 0 N–H and O–H groups in total. The van der Waals surface area contributed by atoms with Crippen LogP contribution in [0, 0.1) is 13.8 Å². The van der Waals surface area contributed by atoms with Gasteiger partial charge in [-0.1, -0.05) is 30.3 Å². The Labute approximate surface area is 252 Å². The number of halogens is 1. The van der Waals surface area contributed by atoms with E-state index >= 15 is 4.39 Å². The van der Waals surface area contributed by atoms with Crippen LogP contribution in [0.1, 0.15) is 80.1 Å². The minimum absolute atomic E-state index is 0.0161. The summed E-state index contributed by atoms with van der Waals surface area (Å²) in [6.07, 6.45) is 2.75. The van der Waals surface area contributed by atoms with E-state index in [1.165, 1.54) is 10.5 Å². The summed E-state index contributed by atoms with van der Waals surface area (Å²) < 4.78 is 29.1. The maximum Gasteiger partial charge on any atom is 0.410 e. The summed E-state index contributed by atoms with van der Waals surface area (Å²) in [6, 6.07) is 16.4. The molecular formula is C34H40FN5O3. The van der Waals surface area contributed by atoms with Crippen LogP contribution in [0.3, 0.4) is 0 Å². The molecule has 43 heavy (non-hydrogen) atoms. The van der Waals surface area contributed by atoms with Crippen molar-refractivity contribution in [3.05, 3.63) is 82.9 Å². The van der Waals surface area contributed by atoms with Crippen molar-refractivity contribution in [3.8, 4) is 5.82 Å². The molecule has 226 valence electrons. The summed E-state index contributed by atoms with van der Waals surface area (Å²) in [5.74, 6) is 1.38. The second-order valence-corrected chi connectivity index (χ2v) is 12.9. The number of aryl methyl sites for hydroxylation is 2. The number of hydrogen-bond donors (Lipinski definition) is 0. The predicted molar refractivity (Wildman–Crippen MR) is 163 cm³/mol. The number of likely N-dealkylation sites (tertiary alicyclic amines) is 1. The van der Waals surface area contributed by atoms with Crippen molar-refractivity contribution >= 4 is 17.0 Å². The van der Waals surface area contributed by atoms with Crippen molar-refractivity contribution in [1.29, 1.82) is 0 Å². The van der Waals surface area contributed by atoms with E-state index in [4.69, 9.17) is 19.4 Å². The van der Waals surface area contributed by atoms with E-state index in [0.29, 0.717) is 37.1 Å². The van der Waals surface area contributed by atoms with Gasteiger partial charge in [-0.25, -0.2) is 23.8 Å². The lowest BCUT2D eigenvalue weighted by atomic mass is 9.80. The highest BCUT2D eigenvalue weighted by molar-refractivity contribution is 5.82. The molecule has 1 aliphatic heterocycles. The molecular weight excluding hydrogens is 545 g/mol. The van der Waals surface area contributed by atoms with Gasteiger partial charge < -0.3 is 14.4 Å². The molecule has 0 bridgehead atoms. The van der Waals surface area contributed by atoms with Gasteiger partial charge in [0.15, 0.2) is 5.82 Å². The number of benzene rings is 2. The van der Waals surface area contributed by atoms with Crippen molar-refractivity contribution in [3.63, 3.8) is 0 Å². The summed E-state index contributed by atoms with van der Waals surface area (Å²) in [5, 5.41) is 5.65. The van der Waals surface area contributed by atoms with Crippen LogP contribution in [0.4, 0.5) is 9.18 Å². The Balaban J connectivity index is 1.18. The molecule has 9 heteroatoms. The SMILES string of the molecule is Cc1nc(C2CC(OCc3ccccc3)C2)cc(-n2ncc3cc(C)c(C4CCN(C(=O)OC(C)(C)C)CC4F)cc32)n1. The minimum Gasteiger partial charge on any atom is -0.444 e. The van der Waals surface area contributed by atoms with E-state index in [1.54, 1.807) is 0 Å². The van der Waals surface area contributed by atoms with Crippen LogP contribution in [0.2, 0.25) is 0 Å². The molecule has 2 atom stereocenters. The van der Waals surface area contributed by atoms with Gasteiger partial charge in [-0.3, -0.25) is 0 Å². The Kier molecular flexibility index (Phi) is 7.94.